The van der Waals surface area contributed by atoms with Crippen LogP contribution in [0.1, 0.15) is 22.4 Å². The first-order valence-corrected chi connectivity index (χ1v) is 12.0. The van der Waals surface area contributed by atoms with Crippen molar-refractivity contribution < 1.29 is 4.74 Å². The highest BCUT2D eigenvalue weighted by atomic mass is 16.5. The van der Waals surface area contributed by atoms with Gasteiger partial charge in [0.25, 0.3) is 0 Å². The predicted octanol–water partition coefficient (Wildman–Crippen LogP) is 8.12. The van der Waals surface area contributed by atoms with Crippen molar-refractivity contribution in [3.05, 3.63) is 162 Å². The van der Waals surface area contributed by atoms with Crippen LogP contribution in [0.4, 0.5) is 0 Å². The van der Waals surface area contributed by atoms with Crippen molar-refractivity contribution in [3.63, 3.8) is 0 Å². The summed E-state index contributed by atoms with van der Waals surface area (Å²) in [5, 5.41) is 1.11. The van der Waals surface area contributed by atoms with E-state index in [0.29, 0.717) is 0 Å². The zero-order valence-electron chi connectivity index (χ0n) is 19.1. The molecule has 0 N–H and O–H groups in total. The summed E-state index contributed by atoms with van der Waals surface area (Å²) < 4.78 is 9.16. The maximum absolute atomic E-state index is 6.77. The number of hydrogen-bond acceptors (Lipinski definition) is 1. The Kier molecular flexibility index (Phi) is 4.40. The molecule has 2 nitrogen and oxygen atoms in total. The Balaban J connectivity index is 1.75. The SMILES string of the molecule is c1ccc(-n2c3c(c4ccccc42)Oc2ccccc2C3(c2ccccc2)c2ccccc2)cc1. The van der Waals surface area contributed by atoms with E-state index in [9.17, 15) is 0 Å². The molecule has 0 spiro atoms. The number of aromatic nitrogens is 1. The van der Waals surface area contributed by atoms with Crippen LogP contribution in [0.25, 0.3) is 16.6 Å². The number of rotatable bonds is 3. The van der Waals surface area contributed by atoms with E-state index in [1.807, 2.05) is 0 Å². The molecule has 6 aromatic rings. The molecule has 0 amide bonds. The van der Waals surface area contributed by atoms with Crippen molar-refractivity contribution in [2.75, 3.05) is 0 Å². The third kappa shape index (κ3) is 2.77. The average Bonchev–Trinajstić information content (AvgIpc) is 3.27. The number of benzene rings is 5. The fourth-order valence-corrected chi connectivity index (χ4v) is 5.73. The lowest BCUT2D eigenvalue weighted by atomic mass is 9.65. The molecule has 0 saturated carbocycles. The van der Waals surface area contributed by atoms with Crippen LogP contribution in [0.5, 0.6) is 11.5 Å². The summed E-state index contributed by atoms with van der Waals surface area (Å²) in [6.45, 7) is 0. The van der Waals surface area contributed by atoms with Gasteiger partial charge in [-0.05, 0) is 41.5 Å². The molecule has 7 rings (SSSR count). The van der Waals surface area contributed by atoms with Gasteiger partial charge in [0.15, 0.2) is 5.75 Å². The van der Waals surface area contributed by atoms with Gasteiger partial charge in [-0.25, -0.2) is 0 Å². The third-order valence-electron chi connectivity index (χ3n) is 7.11. The number of fused-ring (bicyclic) bond motifs is 4. The highest BCUT2D eigenvalue weighted by Gasteiger charge is 2.48. The second-order valence-electron chi connectivity index (χ2n) is 8.95. The first-order valence-electron chi connectivity index (χ1n) is 12.0. The molecule has 0 saturated heterocycles. The zero-order valence-corrected chi connectivity index (χ0v) is 19.1. The van der Waals surface area contributed by atoms with Gasteiger partial charge in [0.1, 0.15) is 5.75 Å². The minimum Gasteiger partial charge on any atom is -0.454 e. The van der Waals surface area contributed by atoms with Gasteiger partial charge in [-0.2, -0.15) is 0 Å². The Hall–Kier alpha value is -4.56. The molecule has 1 aromatic heterocycles. The number of ether oxygens (including phenoxy) is 1. The molecule has 1 aliphatic rings. The van der Waals surface area contributed by atoms with E-state index in [2.05, 4.69) is 144 Å². The van der Waals surface area contributed by atoms with Gasteiger partial charge in [-0.1, -0.05) is 109 Å². The highest BCUT2D eigenvalue weighted by molar-refractivity contribution is 5.93. The van der Waals surface area contributed by atoms with Gasteiger partial charge < -0.3 is 9.30 Å². The van der Waals surface area contributed by atoms with E-state index in [1.165, 1.54) is 11.1 Å². The van der Waals surface area contributed by atoms with E-state index in [-0.39, 0.29) is 0 Å². The summed E-state index contributed by atoms with van der Waals surface area (Å²) in [5.74, 6) is 1.81. The molecular weight excluding hydrogens is 426 g/mol. The molecule has 0 unspecified atom stereocenters. The first kappa shape index (κ1) is 19.9. The van der Waals surface area contributed by atoms with E-state index in [0.717, 1.165) is 39.3 Å². The molecule has 2 heteroatoms. The Morgan fingerprint density at radius 3 is 1.74 bits per heavy atom. The van der Waals surface area contributed by atoms with E-state index >= 15 is 0 Å². The number of para-hydroxylation sites is 3. The maximum atomic E-state index is 6.77. The average molecular weight is 450 g/mol. The summed E-state index contributed by atoms with van der Waals surface area (Å²) >= 11 is 0. The standard InChI is InChI=1S/C33H23NO/c1-4-14-24(15-5-1)33(25-16-6-2-7-17-25)28-21-11-13-23-30(28)35-31-27-20-10-12-22-29(27)34(32(31)33)26-18-8-3-9-19-26/h1-23H. The lowest BCUT2D eigenvalue weighted by molar-refractivity contribution is 0.433. The fourth-order valence-electron chi connectivity index (χ4n) is 5.73. The van der Waals surface area contributed by atoms with Crippen molar-refractivity contribution in [2.45, 2.75) is 5.41 Å². The van der Waals surface area contributed by atoms with Crippen LogP contribution in [-0.2, 0) is 5.41 Å². The van der Waals surface area contributed by atoms with Crippen molar-refractivity contribution >= 4 is 10.9 Å². The molecule has 2 heterocycles. The third-order valence-corrected chi connectivity index (χ3v) is 7.11. The molecular formula is C33H23NO. The highest BCUT2D eigenvalue weighted by Crippen LogP contribution is 2.58. The van der Waals surface area contributed by atoms with Crippen LogP contribution in [0.2, 0.25) is 0 Å². The maximum Gasteiger partial charge on any atom is 0.158 e. The largest absolute Gasteiger partial charge is 0.454 e. The van der Waals surface area contributed by atoms with Crippen molar-refractivity contribution in [1.29, 1.82) is 0 Å². The Labute approximate surface area is 204 Å². The molecule has 0 bridgehead atoms. The summed E-state index contributed by atoms with van der Waals surface area (Å²) in [6.07, 6.45) is 0. The van der Waals surface area contributed by atoms with Gasteiger partial charge in [-0.15, -0.1) is 0 Å². The van der Waals surface area contributed by atoms with Gasteiger partial charge in [0.05, 0.1) is 16.6 Å². The van der Waals surface area contributed by atoms with Gasteiger partial charge >= 0.3 is 0 Å². The normalized spacial score (nSPS) is 13.6. The van der Waals surface area contributed by atoms with Crippen molar-refractivity contribution in [3.8, 4) is 17.2 Å². The van der Waals surface area contributed by atoms with E-state index in [4.69, 9.17) is 4.74 Å². The van der Waals surface area contributed by atoms with Gasteiger partial charge in [0, 0.05) is 16.6 Å². The molecule has 0 atom stereocenters. The molecule has 0 aliphatic carbocycles. The van der Waals surface area contributed by atoms with Crippen molar-refractivity contribution in [2.24, 2.45) is 0 Å². The minimum atomic E-state index is -0.568. The summed E-state index contributed by atoms with van der Waals surface area (Å²) in [7, 11) is 0. The predicted molar refractivity (Wildman–Crippen MR) is 142 cm³/mol. The summed E-state index contributed by atoms with van der Waals surface area (Å²) in [4.78, 5) is 0. The molecule has 166 valence electrons. The number of hydrogen-bond donors (Lipinski definition) is 0. The summed E-state index contributed by atoms with van der Waals surface area (Å²) in [6, 6.07) is 49.3. The van der Waals surface area contributed by atoms with Gasteiger partial charge in [0.2, 0.25) is 0 Å². The van der Waals surface area contributed by atoms with Crippen LogP contribution >= 0.6 is 0 Å². The lowest BCUT2D eigenvalue weighted by Crippen LogP contribution is -2.36. The molecule has 35 heavy (non-hydrogen) atoms. The molecule has 0 radical (unpaired) electrons. The Morgan fingerprint density at radius 2 is 1.06 bits per heavy atom. The summed E-state index contributed by atoms with van der Waals surface area (Å²) in [5.41, 5.74) is 6.37. The second-order valence-corrected chi connectivity index (χ2v) is 8.95. The van der Waals surface area contributed by atoms with Crippen LogP contribution in [0, 0.1) is 0 Å². The van der Waals surface area contributed by atoms with Crippen LogP contribution in [0.3, 0.4) is 0 Å². The minimum absolute atomic E-state index is 0.568. The van der Waals surface area contributed by atoms with E-state index < -0.39 is 5.41 Å². The molecule has 1 aliphatic heterocycles. The van der Waals surface area contributed by atoms with Gasteiger partial charge in [-0.3, -0.25) is 0 Å². The smallest absolute Gasteiger partial charge is 0.158 e. The van der Waals surface area contributed by atoms with Crippen LogP contribution < -0.4 is 4.74 Å². The second kappa shape index (κ2) is 7.75. The lowest BCUT2D eigenvalue weighted by Gasteiger charge is -2.41. The first-order chi connectivity index (χ1) is 17.4. The van der Waals surface area contributed by atoms with Crippen LogP contribution in [0.15, 0.2) is 140 Å². The molecule has 0 fully saturated rings. The Bertz CT molecular complexity index is 1610. The Morgan fingerprint density at radius 1 is 0.514 bits per heavy atom. The van der Waals surface area contributed by atoms with Crippen molar-refractivity contribution in [1.82, 2.24) is 4.57 Å². The molecule has 5 aromatic carbocycles. The fraction of sp³-hybridized carbons (Fsp3) is 0.0303. The quantitative estimate of drug-likeness (QED) is 0.266. The number of nitrogens with zero attached hydrogens (tertiary/aromatic N) is 1. The monoisotopic (exact) mass is 449 g/mol. The topological polar surface area (TPSA) is 14.2 Å². The van der Waals surface area contributed by atoms with Crippen LogP contribution in [-0.4, -0.2) is 4.57 Å². The zero-order chi connectivity index (χ0) is 23.2. The van der Waals surface area contributed by atoms with E-state index in [1.54, 1.807) is 0 Å².